The summed E-state index contributed by atoms with van der Waals surface area (Å²) in [6.45, 7) is 0. The number of fused-ring (bicyclic) bond motifs is 1. The van der Waals surface area contributed by atoms with Crippen molar-refractivity contribution < 1.29 is 21.6 Å². The molecule has 0 aliphatic carbocycles. The first-order valence-corrected chi connectivity index (χ1v) is 5.06. The highest BCUT2D eigenvalue weighted by atomic mass is 32.3. The zero-order valence-electron chi connectivity index (χ0n) is 6.88. The summed E-state index contributed by atoms with van der Waals surface area (Å²) >= 11 is 0. The fourth-order valence-electron chi connectivity index (χ4n) is 1.14. The van der Waals surface area contributed by atoms with Crippen molar-refractivity contribution >= 4 is 21.4 Å². The molecule has 1 N–H and O–H groups in total. The summed E-state index contributed by atoms with van der Waals surface area (Å²) in [7, 11) is -4.51. The van der Waals surface area contributed by atoms with Crippen LogP contribution < -0.4 is 4.18 Å². The van der Waals surface area contributed by atoms with E-state index in [-0.39, 0.29) is 11.3 Å². The maximum atomic E-state index is 10.5. The second-order valence-electron chi connectivity index (χ2n) is 2.61. The minimum atomic E-state index is -4.51. The van der Waals surface area contributed by atoms with Gasteiger partial charge >= 0.3 is 10.4 Å². The minimum Gasteiger partial charge on any atom is -0.460 e. The number of hydrogen-bond donors (Lipinski definition) is 1. The molecule has 0 bridgehead atoms. The van der Waals surface area contributed by atoms with E-state index in [0.29, 0.717) is 5.39 Å². The summed E-state index contributed by atoms with van der Waals surface area (Å²) in [5.74, 6) is -0.0324. The van der Waals surface area contributed by atoms with E-state index in [2.05, 4.69) is 4.18 Å². The van der Waals surface area contributed by atoms with Gasteiger partial charge in [0.1, 0.15) is 0 Å². The zero-order valence-corrected chi connectivity index (χ0v) is 7.69. The first-order valence-electron chi connectivity index (χ1n) is 3.69. The van der Waals surface area contributed by atoms with E-state index in [1.165, 1.54) is 12.3 Å². The van der Waals surface area contributed by atoms with Gasteiger partial charge in [0.25, 0.3) is 0 Å². The normalized spacial score (nSPS) is 11.8. The summed E-state index contributed by atoms with van der Waals surface area (Å²) in [6, 6.07) is 6.37. The van der Waals surface area contributed by atoms with Crippen molar-refractivity contribution in [2.75, 3.05) is 0 Å². The maximum Gasteiger partial charge on any atom is 0.446 e. The molecule has 6 heteroatoms. The lowest BCUT2D eigenvalue weighted by Gasteiger charge is -2.00. The average Bonchev–Trinajstić information content (AvgIpc) is 2.49. The second-order valence-corrected chi connectivity index (χ2v) is 3.63. The number of rotatable bonds is 2. The predicted molar refractivity (Wildman–Crippen MR) is 48.4 cm³/mol. The molecular formula is C8H6O5S. The van der Waals surface area contributed by atoms with Crippen molar-refractivity contribution in [1.29, 1.82) is 0 Å². The fourth-order valence-corrected chi connectivity index (χ4v) is 1.50. The van der Waals surface area contributed by atoms with Crippen molar-refractivity contribution in [2.45, 2.75) is 0 Å². The first-order chi connectivity index (χ1) is 6.56. The van der Waals surface area contributed by atoms with Crippen molar-refractivity contribution in [3.63, 3.8) is 0 Å². The molecule has 2 aromatic rings. The van der Waals surface area contributed by atoms with E-state index < -0.39 is 10.4 Å². The molecule has 0 unspecified atom stereocenters. The third kappa shape index (κ3) is 1.70. The van der Waals surface area contributed by atoms with Gasteiger partial charge in [-0.15, -0.1) is 0 Å². The summed E-state index contributed by atoms with van der Waals surface area (Å²) in [6.07, 6.45) is 1.40. The van der Waals surface area contributed by atoms with Gasteiger partial charge in [-0.1, -0.05) is 12.1 Å². The van der Waals surface area contributed by atoms with Gasteiger partial charge in [0.15, 0.2) is 11.3 Å². The van der Waals surface area contributed by atoms with Crippen molar-refractivity contribution in [3.05, 3.63) is 30.5 Å². The Bertz CT molecular complexity index is 554. The summed E-state index contributed by atoms with van der Waals surface area (Å²) in [5, 5.41) is 0.700. The highest BCUT2D eigenvalue weighted by molar-refractivity contribution is 7.81. The Balaban J connectivity index is 2.57. The van der Waals surface area contributed by atoms with E-state index >= 15 is 0 Å². The van der Waals surface area contributed by atoms with Gasteiger partial charge in [-0.2, -0.15) is 8.42 Å². The molecule has 0 radical (unpaired) electrons. The molecule has 0 fully saturated rings. The Labute approximate surface area is 79.9 Å². The number of para-hydroxylation sites is 1. The van der Waals surface area contributed by atoms with E-state index in [1.807, 2.05) is 0 Å². The largest absolute Gasteiger partial charge is 0.460 e. The van der Waals surface area contributed by atoms with Gasteiger partial charge in [-0.3, -0.25) is 4.55 Å². The Morgan fingerprint density at radius 2 is 2.07 bits per heavy atom. The molecule has 0 atom stereocenters. The molecule has 14 heavy (non-hydrogen) atoms. The molecule has 0 saturated carbocycles. The molecule has 74 valence electrons. The lowest BCUT2D eigenvalue weighted by atomic mass is 10.2. The molecule has 2 rings (SSSR count). The standard InChI is InChI=1S/C8H6O5S/c9-14(10,11)13-7-3-1-2-6-4-5-12-8(6)7/h1-5H,(H,9,10,11). The fraction of sp³-hybridized carbons (Fsp3) is 0. The van der Waals surface area contributed by atoms with Crippen LogP contribution in [0.2, 0.25) is 0 Å². The van der Waals surface area contributed by atoms with Crippen LogP contribution >= 0.6 is 0 Å². The molecule has 0 aliphatic rings. The van der Waals surface area contributed by atoms with Crippen LogP contribution in [0.15, 0.2) is 34.9 Å². The molecule has 0 amide bonds. The van der Waals surface area contributed by atoms with Crippen LogP contribution in [0.1, 0.15) is 0 Å². The van der Waals surface area contributed by atoms with Gasteiger partial charge in [0, 0.05) is 5.39 Å². The summed E-state index contributed by atoms with van der Waals surface area (Å²) < 4.78 is 38.7. The van der Waals surface area contributed by atoms with E-state index in [4.69, 9.17) is 8.97 Å². The lowest BCUT2D eigenvalue weighted by Crippen LogP contribution is -2.06. The maximum absolute atomic E-state index is 10.5. The van der Waals surface area contributed by atoms with Gasteiger partial charge in [-0.25, -0.2) is 0 Å². The summed E-state index contributed by atoms with van der Waals surface area (Å²) in [4.78, 5) is 0. The van der Waals surface area contributed by atoms with E-state index in [1.54, 1.807) is 18.2 Å². The second kappa shape index (κ2) is 3.00. The predicted octanol–water partition coefficient (Wildman–Crippen LogP) is 1.61. The summed E-state index contributed by atoms with van der Waals surface area (Å²) in [5.41, 5.74) is 0.283. The highest BCUT2D eigenvalue weighted by Crippen LogP contribution is 2.26. The monoisotopic (exact) mass is 214 g/mol. The van der Waals surface area contributed by atoms with Crippen LogP contribution in [0, 0.1) is 0 Å². The smallest absolute Gasteiger partial charge is 0.446 e. The topological polar surface area (TPSA) is 76.7 Å². The average molecular weight is 214 g/mol. The van der Waals surface area contributed by atoms with Crippen molar-refractivity contribution in [2.24, 2.45) is 0 Å². The molecule has 1 heterocycles. The Kier molecular flexibility index (Phi) is 1.94. The van der Waals surface area contributed by atoms with Crippen LogP contribution in [0.3, 0.4) is 0 Å². The van der Waals surface area contributed by atoms with E-state index in [0.717, 1.165) is 0 Å². The molecule has 0 saturated heterocycles. The third-order valence-electron chi connectivity index (χ3n) is 1.64. The lowest BCUT2D eigenvalue weighted by molar-refractivity contribution is 0.385. The SMILES string of the molecule is O=S(=O)(O)Oc1cccc2ccoc12. The molecule has 0 spiro atoms. The van der Waals surface area contributed by atoms with Gasteiger partial charge < -0.3 is 8.60 Å². The quantitative estimate of drug-likeness (QED) is 0.768. The van der Waals surface area contributed by atoms with Crippen molar-refractivity contribution in [3.8, 4) is 5.75 Å². The highest BCUT2D eigenvalue weighted by Gasteiger charge is 2.11. The van der Waals surface area contributed by atoms with Gasteiger partial charge in [-0.05, 0) is 12.1 Å². The number of benzene rings is 1. The molecule has 0 aliphatic heterocycles. The van der Waals surface area contributed by atoms with Gasteiger partial charge in [0.05, 0.1) is 6.26 Å². The van der Waals surface area contributed by atoms with Crippen LogP contribution in [0.4, 0.5) is 0 Å². The van der Waals surface area contributed by atoms with E-state index in [9.17, 15) is 8.42 Å². The number of hydrogen-bond acceptors (Lipinski definition) is 4. The molecule has 1 aromatic carbocycles. The van der Waals surface area contributed by atoms with Crippen LogP contribution in [-0.2, 0) is 10.4 Å². The first kappa shape index (κ1) is 9.04. The molecular weight excluding hydrogens is 208 g/mol. The minimum absolute atomic E-state index is 0.0324. The third-order valence-corrected chi connectivity index (χ3v) is 2.03. The Morgan fingerprint density at radius 1 is 1.29 bits per heavy atom. The zero-order chi connectivity index (χ0) is 10.2. The van der Waals surface area contributed by atoms with Crippen LogP contribution in [0.25, 0.3) is 11.0 Å². The Morgan fingerprint density at radius 3 is 2.79 bits per heavy atom. The van der Waals surface area contributed by atoms with Gasteiger partial charge in [0.2, 0.25) is 0 Å². The number of furan rings is 1. The van der Waals surface area contributed by atoms with Crippen molar-refractivity contribution in [1.82, 2.24) is 0 Å². The molecule has 1 aromatic heterocycles. The van der Waals surface area contributed by atoms with Crippen LogP contribution in [-0.4, -0.2) is 13.0 Å². The molecule has 5 nitrogen and oxygen atoms in total. The van der Waals surface area contributed by atoms with Crippen LogP contribution in [0.5, 0.6) is 5.75 Å². The Hall–Kier alpha value is -1.53.